The predicted octanol–water partition coefficient (Wildman–Crippen LogP) is 4.87. The van der Waals surface area contributed by atoms with Crippen molar-refractivity contribution in [2.75, 3.05) is 0 Å². The molecule has 5 rings (SSSR count). The van der Waals surface area contributed by atoms with Crippen molar-refractivity contribution in [1.29, 1.82) is 0 Å². The van der Waals surface area contributed by atoms with Gasteiger partial charge in [0.2, 0.25) is 5.78 Å². The van der Waals surface area contributed by atoms with E-state index in [1.54, 1.807) is 12.1 Å². The Balaban J connectivity index is 1.61. The maximum atomic E-state index is 13.6. The van der Waals surface area contributed by atoms with E-state index in [1.807, 2.05) is 0 Å². The highest BCUT2D eigenvalue weighted by atomic mass is 19.2. The van der Waals surface area contributed by atoms with E-state index in [9.17, 15) is 27.9 Å². The topological polar surface area (TPSA) is 72.8 Å². The molecule has 0 aromatic heterocycles. The van der Waals surface area contributed by atoms with Crippen LogP contribution in [-0.2, 0) is 4.79 Å². The van der Waals surface area contributed by atoms with E-state index in [0.717, 1.165) is 18.2 Å². The molecule has 0 fully saturated rings. The van der Waals surface area contributed by atoms with Gasteiger partial charge in [-0.3, -0.25) is 9.59 Å². The van der Waals surface area contributed by atoms with Crippen molar-refractivity contribution in [3.8, 4) is 17.2 Å². The van der Waals surface area contributed by atoms with E-state index in [-0.39, 0.29) is 40.6 Å². The van der Waals surface area contributed by atoms with Gasteiger partial charge in [-0.1, -0.05) is 12.1 Å². The Bertz CT molecular complexity index is 1320. The van der Waals surface area contributed by atoms with Crippen LogP contribution < -0.4 is 9.47 Å². The molecular weight excluding hydrogens is 425 g/mol. The third kappa shape index (κ3) is 3.20. The van der Waals surface area contributed by atoms with Crippen LogP contribution in [0, 0.1) is 17.5 Å². The number of carbonyl (C=O) groups is 2. The maximum absolute atomic E-state index is 13.6. The Kier molecular flexibility index (Phi) is 4.51. The summed E-state index contributed by atoms with van der Waals surface area (Å²) < 4.78 is 51.5. The quantitative estimate of drug-likeness (QED) is 0.268. The van der Waals surface area contributed by atoms with Crippen molar-refractivity contribution < 1.29 is 37.3 Å². The number of hydrogen-bond donors (Lipinski definition) is 1. The zero-order valence-electron chi connectivity index (χ0n) is 16.2. The van der Waals surface area contributed by atoms with Crippen LogP contribution >= 0.6 is 0 Å². The normalized spacial score (nSPS) is 18.2. The molecule has 0 saturated carbocycles. The summed E-state index contributed by atoms with van der Waals surface area (Å²) in [5, 5.41) is 9.86. The fourth-order valence-corrected chi connectivity index (χ4v) is 3.94. The Morgan fingerprint density at radius 2 is 1.72 bits per heavy atom. The minimum atomic E-state index is -1.61. The number of allylic oxidation sites excluding steroid dienone is 1. The Morgan fingerprint density at radius 3 is 2.44 bits per heavy atom. The third-order valence-electron chi connectivity index (χ3n) is 5.36. The number of rotatable bonds is 2. The van der Waals surface area contributed by atoms with Crippen molar-refractivity contribution in [2.24, 2.45) is 0 Å². The van der Waals surface area contributed by atoms with E-state index in [0.29, 0.717) is 11.1 Å². The second-order valence-corrected chi connectivity index (χ2v) is 7.42. The SMILES string of the molecule is O=C1CC(c2cccc(O)c2)c2c(ccc3c2O/C(=C\c2cc(F)c(F)c(F)c2)C3=O)O1. The molecule has 2 aliphatic heterocycles. The number of Topliss-reactive ketones (excluding diaryl/α,β-unsaturated/α-hetero) is 1. The van der Waals surface area contributed by atoms with Crippen LogP contribution in [0.25, 0.3) is 6.08 Å². The number of phenols is 1. The number of carbonyl (C=O) groups excluding carboxylic acids is 2. The number of hydrogen-bond acceptors (Lipinski definition) is 5. The summed E-state index contributed by atoms with van der Waals surface area (Å²) in [6.45, 7) is 0. The second kappa shape index (κ2) is 7.26. The van der Waals surface area contributed by atoms with Crippen molar-refractivity contribution in [3.63, 3.8) is 0 Å². The monoisotopic (exact) mass is 438 g/mol. The first-order valence-electron chi connectivity index (χ1n) is 9.57. The van der Waals surface area contributed by atoms with Gasteiger partial charge in [0, 0.05) is 11.5 Å². The lowest BCUT2D eigenvalue weighted by Crippen LogP contribution is -2.21. The lowest BCUT2D eigenvalue weighted by atomic mass is 9.84. The molecule has 32 heavy (non-hydrogen) atoms. The van der Waals surface area contributed by atoms with Crippen molar-refractivity contribution in [1.82, 2.24) is 0 Å². The van der Waals surface area contributed by atoms with Gasteiger partial charge < -0.3 is 14.6 Å². The molecule has 0 aliphatic carbocycles. The van der Waals surface area contributed by atoms with E-state index in [2.05, 4.69) is 0 Å². The summed E-state index contributed by atoms with van der Waals surface area (Å²) in [5.74, 6) is -5.83. The summed E-state index contributed by atoms with van der Waals surface area (Å²) in [6.07, 6.45) is 1.07. The van der Waals surface area contributed by atoms with Gasteiger partial charge in [-0.25, -0.2) is 13.2 Å². The molecular formula is C24H13F3O5. The summed E-state index contributed by atoms with van der Waals surface area (Å²) in [4.78, 5) is 25.0. The van der Waals surface area contributed by atoms with Gasteiger partial charge in [-0.2, -0.15) is 0 Å². The number of fused-ring (bicyclic) bond motifs is 3. The van der Waals surface area contributed by atoms with Crippen LogP contribution in [0.3, 0.4) is 0 Å². The van der Waals surface area contributed by atoms with Crippen LogP contribution in [0.1, 0.15) is 39.4 Å². The highest BCUT2D eigenvalue weighted by Gasteiger charge is 2.38. The smallest absolute Gasteiger partial charge is 0.312 e. The summed E-state index contributed by atoms with van der Waals surface area (Å²) >= 11 is 0. The molecule has 0 bridgehead atoms. The molecule has 1 atom stereocenters. The number of phenolic OH excluding ortho intramolecular Hbond substituents is 1. The first kappa shape index (κ1) is 19.9. The number of esters is 1. The fraction of sp³-hybridized carbons (Fsp3) is 0.0833. The van der Waals surface area contributed by atoms with Crippen molar-refractivity contribution in [2.45, 2.75) is 12.3 Å². The number of halogens is 3. The molecule has 2 heterocycles. The average Bonchev–Trinajstić information content (AvgIpc) is 3.06. The van der Waals surface area contributed by atoms with E-state index < -0.39 is 35.1 Å². The van der Waals surface area contributed by atoms with Gasteiger partial charge >= 0.3 is 5.97 Å². The number of benzene rings is 3. The minimum absolute atomic E-state index is 0.00788. The number of aromatic hydroxyl groups is 1. The molecule has 0 amide bonds. The zero-order valence-corrected chi connectivity index (χ0v) is 16.2. The second-order valence-electron chi connectivity index (χ2n) is 7.42. The van der Waals surface area contributed by atoms with Gasteiger partial charge in [-0.15, -0.1) is 0 Å². The number of ketones is 1. The number of ether oxygens (including phenoxy) is 2. The summed E-state index contributed by atoms with van der Waals surface area (Å²) in [5.41, 5.74) is 1.15. The summed E-state index contributed by atoms with van der Waals surface area (Å²) in [7, 11) is 0. The van der Waals surface area contributed by atoms with Gasteiger partial charge in [0.25, 0.3) is 0 Å². The summed E-state index contributed by atoms with van der Waals surface area (Å²) in [6, 6.07) is 10.7. The first-order valence-corrected chi connectivity index (χ1v) is 9.57. The molecule has 0 spiro atoms. The first-order chi connectivity index (χ1) is 15.3. The molecule has 1 unspecified atom stereocenters. The van der Waals surface area contributed by atoms with Gasteiger partial charge in [0.15, 0.2) is 23.2 Å². The predicted molar refractivity (Wildman–Crippen MR) is 106 cm³/mol. The van der Waals surface area contributed by atoms with Gasteiger partial charge in [0.1, 0.15) is 17.2 Å². The lowest BCUT2D eigenvalue weighted by molar-refractivity contribution is -0.135. The van der Waals surface area contributed by atoms with Crippen LogP contribution in [0.2, 0.25) is 0 Å². The minimum Gasteiger partial charge on any atom is -0.508 e. The van der Waals surface area contributed by atoms with Crippen LogP contribution in [0.5, 0.6) is 17.2 Å². The largest absolute Gasteiger partial charge is 0.508 e. The standard InChI is InChI=1S/C24H13F3O5/c25-16-6-11(7-17(26)22(16)27)8-19-23(30)14-4-5-18-21(24(14)32-19)15(10-20(29)31-18)12-2-1-3-13(28)9-12/h1-9,15,28H,10H2/b19-8-. The highest BCUT2D eigenvalue weighted by Crippen LogP contribution is 2.49. The van der Waals surface area contributed by atoms with Crippen LogP contribution in [-0.4, -0.2) is 16.9 Å². The van der Waals surface area contributed by atoms with Gasteiger partial charge in [-0.05, 0) is 53.6 Å². The lowest BCUT2D eigenvalue weighted by Gasteiger charge is -2.26. The molecule has 0 radical (unpaired) electrons. The van der Waals surface area contributed by atoms with Crippen molar-refractivity contribution >= 4 is 17.8 Å². The van der Waals surface area contributed by atoms with Crippen molar-refractivity contribution in [3.05, 3.63) is 94.0 Å². The fourth-order valence-electron chi connectivity index (χ4n) is 3.94. The zero-order chi connectivity index (χ0) is 22.6. The van der Waals surface area contributed by atoms with E-state index in [1.165, 1.54) is 24.3 Å². The van der Waals surface area contributed by atoms with Crippen LogP contribution in [0.4, 0.5) is 13.2 Å². The van der Waals surface area contributed by atoms with E-state index in [4.69, 9.17) is 9.47 Å². The van der Waals surface area contributed by atoms with Crippen LogP contribution in [0.15, 0.2) is 54.3 Å². The molecule has 0 saturated heterocycles. The maximum Gasteiger partial charge on any atom is 0.312 e. The highest BCUT2D eigenvalue weighted by molar-refractivity contribution is 6.15. The van der Waals surface area contributed by atoms with Gasteiger partial charge in [0.05, 0.1) is 12.0 Å². The molecule has 8 heteroatoms. The molecule has 160 valence electrons. The molecule has 2 aliphatic rings. The molecule has 5 nitrogen and oxygen atoms in total. The molecule has 3 aromatic rings. The Labute approximate surface area is 179 Å². The Morgan fingerprint density at radius 1 is 0.969 bits per heavy atom. The Hall–Kier alpha value is -4.07. The van der Waals surface area contributed by atoms with E-state index >= 15 is 0 Å². The average molecular weight is 438 g/mol. The third-order valence-corrected chi connectivity index (χ3v) is 5.36. The molecule has 3 aromatic carbocycles. The molecule has 1 N–H and O–H groups in total.